The Morgan fingerprint density at radius 2 is 1.53 bits per heavy atom. The summed E-state index contributed by atoms with van der Waals surface area (Å²) in [4.78, 5) is 23.0. The molecule has 0 radical (unpaired) electrons. The van der Waals surface area contributed by atoms with Crippen molar-refractivity contribution < 1.29 is 27.8 Å². The number of benzene rings is 1. The lowest BCUT2D eigenvalue weighted by molar-refractivity contribution is 0.0599. The minimum absolute atomic E-state index is 0.0812. The van der Waals surface area contributed by atoms with E-state index in [1.54, 1.807) is 0 Å². The molecular weight excluding hydrogens is 274 g/mol. The van der Waals surface area contributed by atoms with Crippen LogP contribution in [0.1, 0.15) is 20.7 Å². The predicted molar refractivity (Wildman–Crippen MR) is 68.3 cm³/mol. The van der Waals surface area contributed by atoms with E-state index < -0.39 is 23.2 Å². The van der Waals surface area contributed by atoms with Crippen molar-refractivity contribution in [2.24, 2.45) is 0 Å². The van der Waals surface area contributed by atoms with Crippen LogP contribution in [0.3, 0.4) is 0 Å². The second-order valence-corrected chi connectivity index (χ2v) is 4.49. The summed E-state index contributed by atoms with van der Waals surface area (Å²) in [6.45, 7) is 0. The van der Waals surface area contributed by atoms with Crippen molar-refractivity contribution >= 4 is 28.9 Å². The zero-order valence-electron chi connectivity index (χ0n) is 10.6. The Bertz CT molecular complexity index is 496. The standard InChI is InChI=1S/C11H13NO6S/c1-12(19(15)16)9-5-7(10(13)17-2)4-8(6-9)11(14)18-3/h4-6H,1-3H3,(H,15,16). The molecule has 19 heavy (non-hydrogen) atoms. The molecule has 0 saturated heterocycles. The fraction of sp³-hybridized carbons (Fsp3) is 0.273. The van der Waals surface area contributed by atoms with Gasteiger partial charge in [-0.3, -0.25) is 8.86 Å². The maximum atomic E-state index is 11.5. The molecule has 0 spiro atoms. The molecule has 0 aliphatic heterocycles. The number of hydrogen-bond acceptors (Lipinski definition) is 5. The Hall–Kier alpha value is -1.93. The van der Waals surface area contributed by atoms with Gasteiger partial charge in [-0.15, -0.1) is 0 Å². The lowest BCUT2D eigenvalue weighted by Crippen LogP contribution is -2.20. The van der Waals surface area contributed by atoms with Gasteiger partial charge in [0.2, 0.25) is 0 Å². The highest BCUT2D eigenvalue weighted by molar-refractivity contribution is 7.80. The summed E-state index contributed by atoms with van der Waals surface area (Å²) in [7, 11) is 3.73. The van der Waals surface area contributed by atoms with Gasteiger partial charge in [0.1, 0.15) is 0 Å². The third-order valence-electron chi connectivity index (χ3n) is 2.36. The number of rotatable bonds is 4. The molecule has 1 unspecified atom stereocenters. The van der Waals surface area contributed by atoms with Crippen LogP contribution in [-0.4, -0.2) is 42.0 Å². The number of esters is 2. The Morgan fingerprint density at radius 3 is 1.84 bits per heavy atom. The SMILES string of the molecule is COC(=O)c1cc(C(=O)OC)cc(N(C)S(=O)O)c1. The lowest BCUT2D eigenvalue weighted by atomic mass is 10.1. The highest BCUT2D eigenvalue weighted by Crippen LogP contribution is 2.20. The number of nitrogens with zero attached hydrogens (tertiary/aromatic N) is 1. The molecule has 0 saturated carbocycles. The van der Waals surface area contributed by atoms with Crippen LogP contribution in [0.25, 0.3) is 0 Å². The normalized spacial score (nSPS) is 11.6. The molecular formula is C11H13NO6S. The first-order valence-electron chi connectivity index (χ1n) is 5.07. The molecule has 104 valence electrons. The Kier molecular flexibility index (Phi) is 5.02. The molecule has 1 aromatic rings. The van der Waals surface area contributed by atoms with E-state index in [2.05, 4.69) is 9.47 Å². The van der Waals surface area contributed by atoms with Crippen LogP contribution >= 0.6 is 0 Å². The maximum absolute atomic E-state index is 11.5. The van der Waals surface area contributed by atoms with E-state index in [1.165, 1.54) is 39.5 Å². The Morgan fingerprint density at radius 1 is 1.11 bits per heavy atom. The first kappa shape index (κ1) is 15.1. The zero-order valence-corrected chi connectivity index (χ0v) is 11.4. The fourth-order valence-electron chi connectivity index (χ4n) is 1.35. The van der Waals surface area contributed by atoms with Gasteiger partial charge in [0.25, 0.3) is 11.3 Å². The zero-order chi connectivity index (χ0) is 14.6. The van der Waals surface area contributed by atoms with Crippen LogP contribution in [0.15, 0.2) is 18.2 Å². The van der Waals surface area contributed by atoms with Crippen LogP contribution in [0, 0.1) is 0 Å². The lowest BCUT2D eigenvalue weighted by Gasteiger charge is -2.15. The summed E-state index contributed by atoms with van der Waals surface area (Å²) in [6, 6.07) is 3.97. The molecule has 0 aromatic heterocycles. The van der Waals surface area contributed by atoms with E-state index in [1.807, 2.05) is 0 Å². The largest absolute Gasteiger partial charge is 0.465 e. The van der Waals surface area contributed by atoms with Crippen LogP contribution in [-0.2, 0) is 20.7 Å². The average Bonchev–Trinajstić information content (AvgIpc) is 2.43. The topological polar surface area (TPSA) is 93.1 Å². The molecule has 0 fully saturated rings. The summed E-state index contributed by atoms with van der Waals surface area (Å²) in [5.41, 5.74) is 0.375. The van der Waals surface area contributed by atoms with Gasteiger partial charge in [0.05, 0.1) is 31.0 Å². The summed E-state index contributed by atoms with van der Waals surface area (Å²) in [6.07, 6.45) is 0. The summed E-state index contributed by atoms with van der Waals surface area (Å²) in [5, 5.41) is 0. The van der Waals surface area contributed by atoms with Crippen molar-refractivity contribution in [1.29, 1.82) is 0 Å². The first-order valence-corrected chi connectivity index (χ1v) is 6.13. The molecule has 7 nitrogen and oxygen atoms in total. The smallest absolute Gasteiger partial charge is 0.337 e. The second kappa shape index (κ2) is 6.30. The minimum Gasteiger partial charge on any atom is -0.465 e. The summed E-state index contributed by atoms with van der Waals surface area (Å²) >= 11 is -2.28. The molecule has 0 bridgehead atoms. The van der Waals surface area contributed by atoms with Gasteiger partial charge >= 0.3 is 11.9 Å². The number of carbonyl (C=O) groups excluding carboxylic acids is 2. The van der Waals surface area contributed by atoms with E-state index in [4.69, 9.17) is 4.55 Å². The maximum Gasteiger partial charge on any atom is 0.337 e. The second-order valence-electron chi connectivity index (χ2n) is 3.48. The third kappa shape index (κ3) is 3.52. The number of carbonyl (C=O) groups is 2. The highest BCUT2D eigenvalue weighted by atomic mass is 32.2. The van der Waals surface area contributed by atoms with Crippen molar-refractivity contribution in [1.82, 2.24) is 0 Å². The van der Waals surface area contributed by atoms with Gasteiger partial charge in [0.15, 0.2) is 0 Å². The van der Waals surface area contributed by atoms with E-state index >= 15 is 0 Å². The van der Waals surface area contributed by atoms with Gasteiger partial charge in [-0.25, -0.2) is 13.8 Å². The Balaban J connectivity index is 3.35. The van der Waals surface area contributed by atoms with E-state index in [-0.39, 0.29) is 16.8 Å². The number of anilines is 1. The van der Waals surface area contributed by atoms with Crippen molar-refractivity contribution in [3.05, 3.63) is 29.3 Å². The van der Waals surface area contributed by atoms with E-state index in [0.29, 0.717) is 0 Å². The first-order chi connectivity index (χ1) is 8.90. The van der Waals surface area contributed by atoms with Crippen molar-refractivity contribution in [2.45, 2.75) is 0 Å². The number of ether oxygens (including phenoxy) is 2. The molecule has 1 atom stereocenters. The minimum atomic E-state index is -2.28. The molecule has 8 heteroatoms. The van der Waals surface area contributed by atoms with Crippen LogP contribution in [0.4, 0.5) is 5.69 Å². The van der Waals surface area contributed by atoms with E-state index in [9.17, 15) is 13.8 Å². The Labute approximate surface area is 112 Å². The van der Waals surface area contributed by atoms with Crippen LogP contribution in [0.2, 0.25) is 0 Å². The van der Waals surface area contributed by atoms with Gasteiger partial charge < -0.3 is 9.47 Å². The molecule has 0 heterocycles. The third-order valence-corrected chi connectivity index (χ3v) is 3.04. The molecule has 0 aliphatic rings. The average molecular weight is 287 g/mol. The predicted octanol–water partition coefficient (Wildman–Crippen LogP) is 0.833. The van der Waals surface area contributed by atoms with Crippen LogP contribution in [0.5, 0.6) is 0 Å². The van der Waals surface area contributed by atoms with Crippen LogP contribution < -0.4 is 4.31 Å². The van der Waals surface area contributed by atoms with Crippen molar-refractivity contribution in [3.8, 4) is 0 Å². The number of methoxy groups -OCH3 is 2. The van der Waals surface area contributed by atoms with Gasteiger partial charge in [-0.2, -0.15) is 0 Å². The van der Waals surface area contributed by atoms with E-state index in [0.717, 1.165) is 4.31 Å². The molecule has 1 aromatic carbocycles. The van der Waals surface area contributed by atoms with Gasteiger partial charge in [-0.05, 0) is 18.2 Å². The molecule has 1 rings (SSSR count). The molecule has 0 amide bonds. The highest BCUT2D eigenvalue weighted by Gasteiger charge is 2.17. The van der Waals surface area contributed by atoms with Crippen molar-refractivity contribution in [2.75, 3.05) is 25.6 Å². The quantitative estimate of drug-likeness (QED) is 0.651. The molecule has 1 N–H and O–H groups in total. The summed E-state index contributed by atoms with van der Waals surface area (Å²) in [5.74, 6) is -1.33. The van der Waals surface area contributed by atoms with Gasteiger partial charge in [-0.1, -0.05) is 0 Å². The fourth-order valence-corrected chi connectivity index (χ4v) is 1.64. The monoisotopic (exact) mass is 287 g/mol. The summed E-state index contributed by atoms with van der Waals surface area (Å²) < 4.78 is 30.1. The van der Waals surface area contributed by atoms with Gasteiger partial charge in [0, 0.05) is 7.05 Å². The molecule has 0 aliphatic carbocycles. The van der Waals surface area contributed by atoms with Crippen molar-refractivity contribution in [3.63, 3.8) is 0 Å². The number of hydrogen-bond donors (Lipinski definition) is 1.